The van der Waals surface area contributed by atoms with Crippen molar-refractivity contribution in [3.63, 3.8) is 0 Å². The molecule has 3 heteroatoms. The van der Waals surface area contributed by atoms with Crippen molar-refractivity contribution < 1.29 is 9.90 Å². The minimum absolute atomic E-state index is 0.327. The molecule has 2 nitrogen and oxygen atoms in total. The van der Waals surface area contributed by atoms with E-state index in [1.165, 1.54) is 31.6 Å². The fourth-order valence-electron chi connectivity index (χ4n) is 0.526. The van der Waals surface area contributed by atoms with Crippen LogP contribution in [-0.4, -0.2) is 39.0 Å². The molecule has 0 heterocycles. The molecule has 0 spiro atoms. The first-order valence-electron chi connectivity index (χ1n) is 4.40. The van der Waals surface area contributed by atoms with E-state index in [0.29, 0.717) is 6.42 Å². The van der Waals surface area contributed by atoms with E-state index in [1.54, 1.807) is 0 Å². The zero-order valence-electron chi connectivity index (χ0n) is 7.89. The van der Waals surface area contributed by atoms with Gasteiger partial charge in [0, 0.05) is 6.42 Å². The number of carboxylic acid groups (broad SMARTS) is 1. The Hall–Kier alpha value is 0.470. The normalized spacial score (nSPS) is 8.36. The molecule has 0 atom stereocenters. The van der Waals surface area contributed by atoms with Gasteiger partial charge in [0.15, 0.2) is 0 Å². The van der Waals surface area contributed by atoms with Crippen LogP contribution in [0.15, 0.2) is 0 Å². The van der Waals surface area contributed by atoms with Crippen LogP contribution in [0.3, 0.4) is 0 Å². The maximum atomic E-state index is 9.87. The van der Waals surface area contributed by atoms with Crippen LogP contribution in [0.1, 0.15) is 39.5 Å². The second kappa shape index (κ2) is 13.1. The van der Waals surface area contributed by atoms with Gasteiger partial charge in [-0.15, -0.1) is 0 Å². The van der Waals surface area contributed by atoms with Crippen molar-refractivity contribution in [2.45, 2.75) is 43.2 Å². The van der Waals surface area contributed by atoms with Crippen LogP contribution >= 0.6 is 0 Å². The van der Waals surface area contributed by atoms with Crippen LogP contribution in [0.2, 0.25) is 3.67 Å². The Balaban J connectivity index is 0. The van der Waals surface area contributed by atoms with Gasteiger partial charge in [-0.2, -0.15) is 0 Å². The first-order chi connectivity index (χ1) is 5.18. The number of carboxylic acids is 1. The van der Waals surface area contributed by atoms with Crippen molar-refractivity contribution >= 4 is 33.9 Å². The number of hydrogen-bond acceptors (Lipinski definition) is 1. The van der Waals surface area contributed by atoms with E-state index in [9.17, 15) is 4.79 Å². The van der Waals surface area contributed by atoms with Crippen LogP contribution in [0, 0.1) is 0 Å². The Morgan fingerprint density at radius 2 is 1.82 bits per heavy atom. The van der Waals surface area contributed by atoms with Gasteiger partial charge in [-0.1, -0.05) is 19.8 Å². The molecule has 0 rings (SSSR count). The van der Waals surface area contributed by atoms with E-state index >= 15 is 0 Å². The van der Waals surface area contributed by atoms with Crippen molar-refractivity contribution in [2.75, 3.05) is 0 Å². The summed E-state index contributed by atoms with van der Waals surface area (Å²) < 4.78 is 1.39. The summed E-state index contributed by atoms with van der Waals surface area (Å²) in [6.45, 7) is 4.24. The molecule has 0 aromatic carbocycles. The van der Waals surface area contributed by atoms with Gasteiger partial charge in [0.2, 0.25) is 0 Å². The molecule has 0 aromatic heterocycles. The Bertz CT molecular complexity index is 84.2. The van der Waals surface area contributed by atoms with Crippen LogP contribution in [-0.2, 0) is 4.79 Å². The van der Waals surface area contributed by atoms with E-state index in [4.69, 9.17) is 5.11 Å². The topological polar surface area (TPSA) is 37.3 Å². The number of aliphatic carboxylic acids is 1. The van der Waals surface area contributed by atoms with Crippen molar-refractivity contribution in [2.24, 2.45) is 0 Å². The summed E-state index contributed by atoms with van der Waals surface area (Å²) in [5.41, 5.74) is 0. The summed E-state index contributed by atoms with van der Waals surface area (Å²) in [5.74, 6) is -0.682. The van der Waals surface area contributed by atoms with E-state index in [0.717, 1.165) is 19.3 Å². The van der Waals surface area contributed by atoms with E-state index in [2.05, 4.69) is 13.8 Å². The first kappa shape index (κ1) is 14.0. The molecular weight excluding hydrogens is 151 g/mol. The molecule has 0 fully saturated rings. The molecule has 0 aliphatic heterocycles. The van der Waals surface area contributed by atoms with Gasteiger partial charge < -0.3 is 5.11 Å². The van der Waals surface area contributed by atoms with Crippen molar-refractivity contribution in [3.05, 3.63) is 0 Å². The Morgan fingerprint density at radius 1 is 1.36 bits per heavy atom. The van der Waals surface area contributed by atoms with Crippen molar-refractivity contribution in [1.82, 2.24) is 0 Å². The number of unbranched alkanes of at least 4 members (excludes halogenated alkanes) is 2. The molecule has 0 bridgehead atoms. The third kappa shape index (κ3) is 25.1. The van der Waals surface area contributed by atoms with Crippen LogP contribution in [0.5, 0.6) is 0 Å². The quantitative estimate of drug-likeness (QED) is 0.516. The molecule has 0 amide bonds. The van der Waals surface area contributed by atoms with Crippen molar-refractivity contribution in [1.29, 1.82) is 0 Å². The van der Waals surface area contributed by atoms with Gasteiger partial charge in [0.1, 0.15) is 0 Å². The third-order valence-corrected chi connectivity index (χ3v) is 0.994. The number of carbonyl (C=O) groups is 1. The zero-order valence-corrected chi connectivity index (χ0v) is 9.89. The van der Waals surface area contributed by atoms with Gasteiger partial charge in [-0.3, -0.25) is 4.79 Å². The standard InChI is InChI=1S/C6H12O2.C2H5.Na/c1-2-3-4-5-6(7)8;1-2;/h2-5H2,1H3,(H,7,8);1H2,2H3;. The maximum absolute atomic E-state index is 9.87. The summed E-state index contributed by atoms with van der Waals surface area (Å²) in [4.78, 5) is 9.87. The Morgan fingerprint density at radius 3 is 2.09 bits per heavy atom. The van der Waals surface area contributed by atoms with Crippen LogP contribution in [0.25, 0.3) is 0 Å². The number of hydrogen-bond donors (Lipinski definition) is 1. The molecule has 11 heavy (non-hydrogen) atoms. The summed E-state index contributed by atoms with van der Waals surface area (Å²) in [7, 11) is 0. The minimum atomic E-state index is -0.682. The van der Waals surface area contributed by atoms with Gasteiger partial charge >= 0.3 is 44.5 Å². The Labute approximate surface area is 86.8 Å². The fraction of sp³-hybridized carbons (Fsp3) is 0.875. The van der Waals surface area contributed by atoms with E-state index in [-0.39, 0.29) is 0 Å². The molecule has 1 N–H and O–H groups in total. The molecule has 0 radical (unpaired) electrons. The van der Waals surface area contributed by atoms with Crippen LogP contribution < -0.4 is 0 Å². The molecule has 0 unspecified atom stereocenters. The monoisotopic (exact) mass is 168 g/mol. The van der Waals surface area contributed by atoms with Gasteiger partial charge in [-0.25, -0.2) is 0 Å². The molecule has 0 saturated carbocycles. The fourth-order valence-corrected chi connectivity index (χ4v) is 0.526. The molecule has 0 aliphatic carbocycles. The SMILES string of the molecule is CCCCCC(=O)O.C[CH2][Na]. The average Bonchev–Trinajstić information content (AvgIpc) is 1.89. The predicted octanol–water partition coefficient (Wildman–Crippen LogP) is 2.24. The van der Waals surface area contributed by atoms with Gasteiger partial charge in [0.25, 0.3) is 0 Å². The van der Waals surface area contributed by atoms with Gasteiger partial charge in [-0.05, 0) is 6.42 Å². The van der Waals surface area contributed by atoms with E-state index in [1.807, 2.05) is 0 Å². The second-order valence-electron chi connectivity index (χ2n) is 2.56. The average molecular weight is 168 g/mol. The summed E-state index contributed by atoms with van der Waals surface area (Å²) in [6.07, 6.45) is 3.28. The van der Waals surface area contributed by atoms with Gasteiger partial charge in [0.05, 0.1) is 0 Å². The summed E-state index contributed by atoms with van der Waals surface area (Å²) >= 11 is 1.37. The summed E-state index contributed by atoms with van der Waals surface area (Å²) in [5, 5.41) is 8.14. The molecule has 0 aliphatic rings. The summed E-state index contributed by atoms with van der Waals surface area (Å²) in [6, 6.07) is 0. The predicted molar refractivity (Wildman–Crippen MR) is 48.0 cm³/mol. The Kier molecular flexibility index (Phi) is 16.7. The molecule has 0 aromatic rings. The van der Waals surface area contributed by atoms with E-state index < -0.39 is 5.97 Å². The molecule has 62 valence electrons. The third-order valence-electron chi connectivity index (χ3n) is 0.994. The molecule has 0 saturated heterocycles. The zero-order chi connectivity index (χ0) is 9.11. The second-order valence-corrected chi connectivity index (χ2v) is 3.97. The number of rotatable bonds is 4. The molecular formula is C8H17NaO2. The first-order valence-corrected chi connectivity index (χ1v) is 5.82. The van der Waals surface area contributed by atoms with Crippen molar-refractivity contribution in [3.8, 4) is 0 Å². The van der Waals surface area contributed by atoms with Crippen LogP contribution in [0.4, 0.5) is 0 Å².